The van der Waals surface area contributed by atoms with Crippen LogP contribution in [0.3, 0.4) is 0 Å². The number of alkyl halides is 2. The third-order valence-corrected chi connectivity index (χ3v) is 1.53. The summed E-state index contributed by atoms with van der Waals surface area (Å²) in [6.45, 7) is 0. The molecule has 0 aliphatic heterocycles. The molecule has 0 saturated carbocycles. The second kappa shape index (κ2) is 3.93. The van der Waals surface area contributed by atoms with Crippen molar-refractivity contribution in [3.63, 3.8) is 0 Å². The SMILES string of the molecule is NN=Cc1c(F)cccc1C(F)F. The van der Waals surface area contributed by atoms with Gasteiger partial charge in [-0.05, 0) is 6.07 Å². The lowest BCUT2D eigenvalue weighted by molar-refractivity contribution is 0.151. The summed E-state index contributed by atoms with van der Waals surface area (Å²) in [4.78, 5) is 0. The normalized spacial score (nSPS) is 11.4. The number of hydrogen-bond donors (Lipinski definition) is 1. The number of hydrazone groups is 1. The van der Waals surface area contributed by atoms with Gasteiger partial charge in [0, 0.05) is 11.1 Å². The molecule has 0 heterocycles. The van der Waals surface area contributed by atoms with Crippen molar-refractivity contribution in [1.82, 2.24) is 0 Å². The number of benzene rings is 1. The van der Waals surface area contributed by atoms with Crippen LogP contribution < -0.4 is 5.84 Å². The van der Waals surface area contributed by atoms with Crippen LogP contribution in [0.5, 0.6) is 0 Å². The Morgan fingerprint density at radius 1 is 1.38 bits per heavy atom. The molecule has 5 heteroatoms. The van der Waals surface area contributed by atoms with E-state index < -0.39 is 17.8 Å². The van der Waals surface area contributed by atoms with E-state index in [4.69, 9.17) is 5.84 Å². The summed E-state index contributed by atoms with van der Waals surface area (Å²) in [5, 5.41) is 3.01. The van der Waals surface area contributed by atoms with Crippen molar-refractivity contribution < 1.29 is 13.2 Å². The zero-order chi connectivity index (χ0) is 9.84. The fourth-order valence-corrected chi connectivity index (χ4v) is 0.955. The highest BCUT2D eigenvalue weighted by Gasteiger charge is 2.14. The molecule has 0 radical (unpaired) electrons. The summed E-state index contributed by atoms with van der Waals surface area (Å²) < 4.78 is 37.4. The van der Waals surface area contributed by atoms with Gasteiger partial charge in [0.2, 0.25) is 0 Å². The zero-order valence-corrected chi connectivity index (χ0v) is 6.55. The number of nitrogens with two attached hydrogens (primary N) is 1. The van der Waals surface area contributed by atoms with Crippen LogP contribution in [-0.2, 0) is 0 Å². The number of nitrogens with zero attached hydrogens (tertiary/aromatic N) is 1. The highest BCUT2D eigenvalue weighted by molar-refractivity contribution is 5.82. The molecule has 70 valence electrons. The molecule has 0 aromatic heterocycles. The first-order valence-electron chi connectivity index (χ1n) is 3.46. The molecule has 0 atom stereocenters. The average molecular weight is 188 g/mol. The lowest BCUT2D eigenvalue weighted by Crippen LogP contribution is -1.98. The van der Waals surface area contributed by atoms with E-state index >= 15 is 0 Å². The van der Waals surface area contributed by atoms with Gasteiger partial charge in [-0.3, -0.25) is 0 Å². The van der Waals surface area contributed by atoms with E-state index in [2.05, 4.69) is 5.10 Å². The zero-order valence-electron chi connectivity index (χ0n) is 6.55. The number of halogens is 3. The molecule has 0 aliphatic carbocycles. The van der Waals surface area contributed by atoms with Crippen molar-refractivity contribution in [3.05, 3.63) is 35.1 Å². The van der Waals surface area contributed by atoms with Gasteiger partial charge >= 0.3 is 0 Å². The fourth-order valence-electron chi connectivity index (χ4n) is 0.955. The molecule has 0 bridgehead atoms. The van der Waals surface area contributed by atoms with Gasteiger partial charge in [-0.2, -0.15) is 5.10 Å². The standard InChI is InChI=1S/C8H7F3N2/c9-7-3-1-2-5(8(10)11)6(7)4-13-12/h1-4,8H,12H2. The van der Waals surface area contributed by atoms with E-state index in [9.17, 15) is 13.2 Å². The first-order chi connectivity index (χ1) is 6.16. The highest BCUT2D eigenvalue weighted by atomic mass is 19.3. The second-order valence-corrected chi connectivity index (χ2v) is 2.32. The van der Waals surface area contributed by atoms with E-state index in [0.717, 1.165) is 18.3 Å². The summed E-state index contributed by atoms with van der Waals surface area (Å²) in [6, 6.07) is 3.42. The predicted molar refractivity (Wildman–Crippen MR) is 43.1 cm³/mol. The van der Waals surface area contributed by atoms with Gasteiger partial charge in [-0.25, -0.2) is 13.2 Å². The first kappa shape index (κ1) is 9.57. The van der Waals surface area contributed by atoms with Crippen LogP contribution in [0, 0.1) is 5.82 Å². The molecule has 1 rings (SSSR count). The minimum absolute atomic E-state index is 0.264. The molecule has 1 aromatic carbocycles. The summed E-state index contributed by atoms with van der Waals surface area (Å²) in [7, 11) is 0. The average Bonchev–Trinajstić information content (AvgIpc) is 2.08. The molecule has 0 spiro atoms. The summed E-state index contributed by atoms with van der Waals surface area (Å²) in [6.07, 6.45) is -1.86. The van der Waals surface area contributed by atoms with Gasteiger partial charge in [0.15, 0.2) is 0 Å². The Hall–Kier alpha value is -1.52. The van der Waals surface area contributed by atoms with Crippen LogP contribution in [0.2, 0.25) is 0 Å². The Balaban J connectivity index is 3.25. The van der Waals surface area contributed by atoms with Gasteiger partial charge in [-0.1, -0.05) is 12.1 Å². The Morgan fingerprint density at radius 3 is 2.62 bits per heavy atom. The van der Waals surface area contributed by atoms with Crippen LogP contribution in [0.4, 0.5) is 13.2 Å². The van der Waals surface area contributed by atoms with Gasteiger partial charge in [0.1, 0.15) is 5.82 Å². The smallest absolute Gasteiger partial charge is 0.264 e. The quantitative estimate of drug-likeness (QED) is 0.430. The Labute approximate surface area is 72.9 Å². The van der Waals surface area contributed by atoms with E-state index in [-0.39, 0.29) is 5.56 Å². The third-order valence-electron chi connectivity index (χ3n) is 1.53. The van der Waals surface area contributed by atoms with E-state index in [1.807, 2.05) is 0 Å². The number of rotatable bonds is 2. The van der Waals surface area contributed by atoms with Crippen molar-refractivity contribution >= 4 is 6.21 Å². The monoisotopic (exact) mass is 188 g/mol. The van der Waals surface area contributed by atoms with Crippen molar-refractivity contribution in [2.75, 3.05) is 0 Å². The Kier molecular flexibility index (Phi) is 2.89. The first-order valence-corrected chi connectivity index (χ1v) is 3.46. The molecule has 0 saturated heterocycles. The molecule has 2 N–H and O–H groups in total. The Morgan fingerprint density at radius 2 is 2.08 bits per heavy atom. The minimum atomic E-state index is -2.73. The van der Waals surface area contributed by atoms with E-state index in [1.165, 1.54) is 6.07 Å². The van der Waals surface area contributed by atoms with Crippen molar-refractivity contribution in [2.24, 2.45) is 10.9 Å². The summed E-state index contributed by atoms with van der Waals surface area (Å²) in [5.41, 5.74) is -0.672. The highest BCUT2D eigenvalue weighted by Crippen LogP contribution is 2.23. The maximum atomic E-state index is 12.9. The fraction of sp³-hybridized carbons (Fsp3) is 0.125. The summed E-state index contributed by atoms with van der Waals surface area (Å²) >= 11 is 0. The molecule has 0 unspecified atom stereocenters. The molecular formula is C8H7F3N2. The van der Waals surface area contributed by atoms with E-state index in [0.29, 0.717) is 0 Å². The maximum absolute atomic E-state index is 12.9. The van der Waals surface area contributed by atoms with Crippen LogP contribution in [0.15, 0.2) is 23.3 Å². The van der Waals surface area contributed by atoms with Gasteiger partial charge in [0.05, 0.1) is 6.21 Å². The Bertz CT molecular complexity index is 323. The molecule has 0 aliphatic rings. The molecule has 0 amide bonds. The maximum Gasteiger partial charge on any atom is 0.264 e. The largest absolute Gasteiger partial charge is 0.323 e. The van der Waals surface area contributed by atoms with Crippen molar-refractivity contribution in [3.8, 4) is 0 Å². The second-order valence-electron chi connectivity index (χ2n) is 2.32. The number of hydrogen-bond acceptors (Lipinski definition) is 2. The van der Waals surface area contributed by atoms with Gasteiger partial charge < -0.3 is 5.84 Å². The van der Waals surface area contributed by atoms with Crippen molar-refractivity contribution in [1.29, 1.82) is 0 Å². The van der Waals surface area contributed by atoms with Gasteiger partial charge in [0.25, 0.3) is 6.43 Å². The van der Waals surface area contributed by atoms with Crippen LogP contribution >= 0.6 is 0 Å². The summed E-state index contributed by atoms with van der Waals surface area (Å²) in [5.74, 6) is 4.00. The topological polar surface area (TPSA) is 38.4 Å². The van der Waals surface area contributed by atoms with Crippen LogP contribution in [0.1, 0.15) is 17.6 Å². The lowest BCUT2D eigenvalue weighted by atomic mass is 10.1. The van der Waals surface area contributed by atoms with Crippen LogP contribution in [-0.4, -0.2) is 6.21 Å². The third kappa shape index (κ3) is 1.99. The molecule has 0 fully saturated rings. The molecule has 13 heavy (non-hydrogen) atoms. The van der Waals surface area contributed by atoms with E-state index in [1.54, 1.807) is 0 Å². The minimum Gasteiger partial charge on any atom is -0.323 e. The van der Waals surface area contributed by atoms with Gasteiger partial charge in [-0.15, -0.1) is 0 Å². The molecular weight excluding hydrogens is 181 g/mol. The van der Waals surface area contributed by atoms with Crippen molar-refractivity contribution in [2.45, 2.75) is 6.43 Å². The molecule has 1 aromatic rings. The predicted octanol–water partition coefficient (Wildman–Crippen LogP) is 2.06. The molecule has 2 nitrogen and oxygen atoms in total. The van der Waals surface area contributed by atoms with Crippen LogP contribution in [0.25, 0.3) is 0 Å². The lowest BCUT2D eigenvalue weighted by Gasteiger charge is -2.04.